The van der Waals surface area contributed by atoms with E-state index in [1.54, 1.807) is 13.3 Å². The van der Waals surface area contributed by atoms with E-state index in [-0.39, 0.29) is 5.54 Å². The van der Waals surface area contributed by atoms with Crippen molar-refractivity contribution in [1.29, 1.82) is 0 Å². The van der Waals surface area contributed by atoms with Crippen molar-refractivity contribution in [3.05, 3.63) is 24.0 Å². The van der Waals surface area contributed by atoms with Gasteiger partial charge >= 0.3 is 0 Å². The minimum atomic E-state index is -0.293. The summed E-state index contributed by atoms with van der Waals surface area (Å²) in [6.07, 6.45) is 6.15. The molecule has 1 heterocycles. The van der Waals surface area contributed by atoms with Gasteiger partial charge in [-0.25, -0.2) is 0 Å². The molecule has 1 aliphatic rings. The van der Waals surface area contributed by atoms with Gasteiger partial charge in [0.1, 0.15) is 11.4 Å². The fourth-order valence-electron chi connectivity index (χ4n) is 2.44. The molecule has 0 unspecified atom stereocenters. The van der Waals surface area contributed by atoms with Crippen LogP contribution in [0.5, 0.6) is 5.75 Å². The summed E-state index contributed by atoms with van der Waals surface area (Å²) >= 11 is 0. The van der Waals surface area contributed by atoms with E-state index in [4.69, 9.17) is 10.5 Å². The van der Waals surface area contributed by atoms with Crippen LogP contribution in [0.4, 0.5) is 0 Å². The van der Waals surface area contributed by atoms with Crippen molar-refractivity contribution in [3.8, 4) is 5.75 Å². The SMILES string of the molecule is COc1cccnc1C1(N)CCC(C)CC1. The van der Waals surface area contributed by atoms with Crippen LogP contribution in [-0.4, -0.2) is 12.1 Å². The zero-order valence-corrected chi connectivity index (χ0v) is 10.1. The molecule has 2 N–H and O–H groups in total. The molecular weight excluding hydrogens is 200 g/mol. The quantitative estimate of drug-likeness (QED) is 0.832. The van der Waals surface area contributed by atoms with E-state index >= 15 is 0 Å². The molecule has 1 aromatic heterocycles. The molecule has 1 aliphatic carbocycles. The van der Waals surface area contributed by atoms with Gasteiger partial charge in [0.15, 0.2) is 0 Å². The summed E-state index contributed by atoms with van der Waals surface area (Å²) in [4.78, 5) is 4.42. The predicted molar refractivity (Wildman–Crippen MR) is 64.3 cm³/mol. The van der Waals surface area contributed by atoms with E-state index in [9.17, 15) is 0 Å². The molecule has 1 aromatic rings. The van der Waals surface area contributed by atoms with E-state index in [1.807, 2.05) is 12.1 Å². The number of hydrogen-bond donors (Lipinski definition) is 1. The molecule has 0 aliphatic heterocycles. The van der Waals surface area contributed by atoms with Gasteiger partial charge in [0.2, 0.25) is 0 Å². The van der Waals surface area contributed by atoms with Crippen LogP contribution in [0.2, 0.25) is 0 Å². The van der Waals surface area contributed by atoms with Gasteiger partial charge in [-0.1, -0.05) is 6.92 Å². The van der Waals surface area contributed by atoms with Crippen LogP contribution < -0.4 is 10.5 Å². The van der Waals surface area contributed by atoms with E-state index in [0.29, 0.717) is 0 Å². The molecule has 0 radical (unpaired) electrons. The molecule has 2 rings (SSSR count). The van der Waals surface area contributed by atoms with E-state index in [1.165, 1.54) is 12.8 Å². The van der Waals surface area contributed by atoms with Crippen LogP contribution in [0, 0.1) is 5.92 Å². The Morgan fingerprint density at radius 3 is 2.75 bits per heavy atom. The van der Waals surface area contributed by atoms with Crippen molar-refractivity contribution in [1.82, 2.24) is 4.98 Å². The summed E-state index contributed by atoms with van der Waals surface area (Å²) in [6, 6.07) is 3.83. The zero-order valence-electron chi connectivity index (χ0n) is 10.1. The third kappa shape index (κ3) is 2.05. The molecule has 0 amide bonds. The summed E-state index contributed by atoms with van der Waals surface area (Å²) in [5.74, 6) is 1.60. The Kier molecular flexibility index (Phi) is 3.15. The average molecular weight is 220 g/mol. The fourth-order valence-corrected chi connectivity index (χ4v) is 2.44. The third-order valence-electron chi connectivity index (χ3n) is 3.63. The van der Waals surface area contributed by atoms with E-state index in [0.717, 1.165) is 30.2 Å². The Morgan fingerprint density at radius 2 is 2.12 bits per heavy atom. The standard InChI is InChI=1S/C13H20N2O/c1-10-5-7-13(14,8-6-10)12-11(16-2)4-3-9-15-12/h3-4,9-10H,5-8,14H2,1-2H3. The topological polar surface area (TPSA) is 48.1 Å². The monoisotopic (exact) mass is 220 g/mol. The van der Waals surface area contributed by atoms with Crippen molar-refractivity contribution < 1.29 is 4.74 Å². The second-order valence-electron chi connectivity index (χ2n) is 4.89. The molecule has 0 aromatic carbocycles. The van der Waals surface area contributed by atoms with Gasteiger partial charge in [0, 0.05) is 6.20 Å². The minimum absolute atomic E-state index is 0.293. The van der Waals surface area contributed by atoms with Crippen LogP contribution in [0.25, 0.3) is 0 Å². The van der Waals surface area contributed by atoms with Crippen molar-refractivity contribution >= 4 is 0 Å². The first-order valence-electron chi connectivity index (χ1n) is 5.94. The Balaban J connectivity index is 2.28. The number of nitrogens with zero attached hydrogens (tertiary/aromatic N) is 1. The normalized spacial score (nSPS) is 30.1. The zero-order chi connectivity index (χ0) is 11.6. The van der Waals surface area contributed by atoms with Crippen LogP contribution in [-0.2, 0) is 5.54 Å². The van der Waals surface area contributed by atoms with Gasteiger partial charge in [-0.2, -0.15) is 0 Å². The minimum Gasteiger partial charge on any atom is -0.495 e. The van der Waals surface area contributed by atoms with Crippen molar-refractivity contribution in [3.63, 3.8) is 0 Å². The largest absolute Gasteiger partial charge is 0.495 e. The number of ether oxygens (including phenoxy) is 1. The maximum atomic E-state index is 6.48. The first kappa shape index (κ1) is 11.4. The predicted octanol–water partition coefficient (Wildman–Crippen LogP) is 2.45. The summed E-state index contributed by atoms with van der Waals surface area (Å²) in [5, 5.41) is 0. The van der Waals surface area contributed by atoms with E-state index in [2.05, 4.69) is 11.9 Å². The number of rotatable bonds is 2. The van der Waals surface area contributed by atoms with Gasteiger partial charge in [-0.05, 0) is 43.7 Å². The average Bonchev–Trinajstić information content (AvgIpc) is 2.33. The number of hydrogen-bond acceptors (Lipinski definition) is 3. The van der Waals surface area contributed by atoms with Crippen LogP contribution in [0.1, 0.15) is 38.3 Å². The molecule has 0 saturated heterocycles. The lowest BCUT2D eigenvalue weighted by atomic mass is 9.75. The lowest BCUT2D eigenvalue weighted by Gasteiger charge is -2.36. The van der Waals surface area contributed by atoms with Gasteiger partial charge in [0.25, 0.3) is 0 Å². The van der Waals surface area contributed by atoms with Gasteiger partial charge in [0.05, 0.1) is 12.6 Å². The fraction of sp³-hybridized carbons (Fsp3) is 0.615. The van der Waals surface area contributed by atoms with Crippen molar-refractivity contribution in [2.24, 2.45) is 11.7 Å². The lowest BCUT2D eigenvalue weighted by Crippen LogP contribution is -2.41. The number of nitrogens with two attached hydrogens (primary N) is 1. The van der Waals surface area contributed by atoms with Gasteiger partial charge < -0.3 is 10.5 Å². The maximum Gasteiger partial charge on any atom is 0.142 e. The van der Waals surface area contributed by atoms with Gasteiger partial charge in [-0.3, -0.25) is 4.98 Å². The third-order valence-corrected chi connectivity index (χ3v) is 3.63. The summed E-state index contributed by atoms with van der Waals surface area (Å²) in [6.45, 7) is 2.29. The molecule has 16 heavy (non-hydrogen) atoms. The lowest BCUT2D eigenvalue weighted by molar-refractivity contribution is 0.235. The van der Waals surface area contributed by atoms with Crippen LogP contribution in [0.3, 0.4) is 0 Å². The number of methoxy groups -OCH3 is 1. The second kappa shape index (κ2) is 4.42. The highest BCUT2D eigenvalue weighted by Gasteiger charge is 2.35. The summed E-state index contributed by atoms with van der Waals surface area (Å²) in [7, 11) is 1.68. The molecule has 1 fully saturated rings. The summed E-state index contributed by atoms with van der Waals surface area (Å²) < 4.78 is 5.35. The van der Waals surface area contributed by atoms with Crippen molar-refractivity contribution in [2.75, 3.05) is 7.11 Å². The maximum absolute atomic E-state index is 6.48. The Morgan fingerprint density at radius 1 is 1.44 bits per heavy atom. The molecule has 3 nitrogen and oxygen atoms in total. The molecule has 1 saturated carbocycles. The summed E-state index contributed by atoms with van der Waals surface area (Å²) in [5.41, 5.74) is 7.10. The highest BCUT2D eigenvalue weighted by molar-refractivity contribution is 5.33. The van der Waals surface area contributed by atoms with Crippen molar-refractivity contribution in [2.45, 2.75) is 38.1 Å². The molecule has 3 heteroatoms. The van der Waals surface area contributed by atoms with E-state index < -0.39 is 0 Å². The van der Waals surface area contributed by atoms with Crippen LogP contribution in [0.15, 0.2) is 18.3 Å². The van der Waals surface area contributed by atoms with Crippen LogP contribution >= 0.6 is 0 Å². The molecule has 88 valence electrons. The molecule has 0 spiro atoms. The highest BCUT2D eigenvalue weighted by Crippen LogP contribution is 2.39. The molecule has 0 bridgehead atoms. The molecule has 0 atom stereocenters. The number of pyridine rings is 1. The smallest absolute Gasteiger partial charge is 0.142 e. The first-order valence-corrected chi connectivity index (χ1v) is 5.94. The number of aromatic nitrogens is 1. The Hall–Kier alpha value is -1.09. The highest BCUT2D eigenvalue weighted by atomic mass is 16.5. The Bertz CT molecular complexity index is 357. The van der Waals surface area contributed by atoms with Gasteiger partial charge in [-0.15, -0.1) is 0 Å². The second-order valence-corrected chi connectivity index (χ2v) is 4.89. The molecular formula is C13H20N2O. The Labute approximate surface area is 97.0 Å². The first-order chi connectivity index (χ1) is 7.65.